The number of hydrogen-bond acceptors (Lipinski definition) is 6. The number of methoxy groups -OCH3 is 1. The molecule has 8 nitrogen and oxygen atoms in total. The van der Waals surface area contributed by atoms with Crippen molar-refractivity contribution in [3.63, 3.8) is 0 Å². The van der Waals surface area contributed by atoms with Crippen LogP contribution in [0.25, 0.3) is 0 Å². The zero-order valence-corrected chi connectivity index (χ0v) is 18.8. The molecule has 0 unspecified atom stereocenters. The summed E-state index contributed by atoms with van der Waals surface area (Å²) in [6.07, 6.45) is 0. The molecular weight excluding hydrogens is 425 g/mol. The molecule has 1 atom stereocenters. The number of aromatic nitrogens is 1. The highest BCUT2D eigenvalue weighted by molar-refractivity contribution is 7.89. The van der Waals surface area contributed by atoms with E-state index in [1.54, 1.807) is 20.8 Å². The maximum absolute atomic E-state index is 13.5. The minimum absolute atomic E-state index is 0.0853. The first-order valence-electron chi connectivity index (χ1n) is 9.89. The summed E-state index contributed by atoms with van der Waals surface area (Å²) in [5, 5.41) is 0. The van der Waals surface area contributed by atoms with E-state index >= 15 is 0 Å². The SMILES string of the molecule is COC(=O)c1c(C)[nH]c(C(=O)[C@@H](C)N2CCN(S(=O)(=O)c3cccc(F)c3)CC2)c1C. The number of hydrogen-bond donors (Lipinski definition) is 1. The fourth-order valence-corrected chi connectivity index (χ4v) is 5.34. The fourth-order valence-electron chi connectivity index (χ4n) is 3.89. The van der Waals surface area contributed by atoms with Crippen LogP contribution >= 0.6 is 0 Å². The smallest absolute Gasteiger partial charge is 0.339 e. The molecule has 2 aromatic rings. The lowest BCUT2D eigenvalue weighted by Gasteiger charge is -2.36. The fraction of sp³-hybridized carbons (Fsp3) is 0.429. The Balaban J connectivity index is 1.71. The molecule has 1 aliphatic rings. The van der Waals surface area contributed by atoms with E-state index in [4.69, 9.17) is 4.74 Å². The predicted molar refractivity (Wildman–Crippen MR) is 112 cm³/mol. The highest BCUT2D eigenvalue weighted by Crippen LogP contribution is 2.23. The Morgan fingerprint density at radius 3 is 2.39 bits per heavy atom. The number of ether oxygens (including phenoxy) is 1. The third-order valence-corrected chi connectivity index (χ3v) is 7.60. The van der Waals surface area contributed by atoms with Crippen LogP contribution in [-0.2, 0) is 14.8 Å². The number of carbonyl (C=O) groups excluding carboxylic acids is 2. The van der Waals surface area contributed by atoms with E-state index in [2.05, 4.69) is 4.98 Å². The first kappa shape index (κ1) is 23.1. The van der Waals surface area contributed by atoms with Crippen LogP contribution in [0.2, 0.25) is 0 Å². The Hall–Kier alpha value is -2.56. The number of nitrogens with zero attached hydrogens (tertiary/aromatic N) is 2. The van der Waals surface area contributed by atoms with Crippen molar-refractivity contribution in [2.24, 2.45) is 0 Å². The maximum atomic E-state index is 13.5. The van der Waals surface area contributed by atoms with Crippen molar-refractivity contribution in [2.45, 2.75) is 31.7 Å². The van der Waals surface area contributed by atoms with Gasteiger partial charge in [-0.05, 0) is 44.5 Å². The van der Waals surface area contributed by atoms with Gasteiger partial charge in [0.25, 0.3) is 0 Å². The van der Waals surface area contributed by atoms with Gasteiger partial charge in [-0.2, -0.15) is 4.31 Å². The molecule has 2 heterocycles. The zero-order valence-electron chi connectivity index (χ0n) is 17.9. The molecule has 1 aromatic heterocycles. The molecule has 1 saturated heterocycles. The minimum atomic E-state index is -3.80. The number of carbonyl (C=O) groups is 2. The molecule has 0 saturated carbocycles. The Morgan fingerprint density at radius 1 is 1.16 bits per heavy atom. The van der Waals surface area contributed by atoms with Gasteiger partial charge in [-0.15, -0.1) is 0 Å². The second-order valence-electron chi connectivity index (χ2n) is 7.55. The Labute approximate surface area is 181 Å². The lowest BCUT2D eigenvalue weighted by atomic mass is 10.0. The Kier molecular flexibility index (Phi) is 6.63. The van der Waals surface area contributed by atoms with Crippen molar-refractivity contribution >= 4 is 21.8 Å². The standard InChI is InChI=1S/C21H26FN3O5S/c1-13-18(21(27)30-4)14(2)23-19(13)20(26)15(3)24-8-10-25(11-9-24)31(28,29)17-7-5-6-16(22)12-17/h5-7,12,15,23H,8-11H2,1-4H3/t15-/m1/s1. The molecule has 0 aliphatic carbocycles. The summed E-state index contributed by atoms with van der Waals surface area (Å²) in [6, 6.07) is 4.42. The molecule has 31 heavy (non-hydrogen) atoms. The molecule has 1 aliphatic heterocycles. The van der Waals surface area contributed by atoms with Crippen molar-refractivity contribution in [3.8, 4) is 0 Å². The largest absolute Gasteiger partial charge is 0.465 e. The van der Waals surface area contributed by atoms with E-state index in [9.17, 15) is 22.4 Å². The maximum Gasteiger partial charge on any atom is 0.339 e. The number of sulfonamides is 1. The molecule has 0 bridgehead atoms. The van der Waals surface area contributed by atoms with E-state index in [0.717, 1.165) is 6.07 Å². The molecule has 168 valence electrons. The topological polar surface area (TPSA) is 99.8 Å². The van der Waals surface area contributed by atoms with Crippen molar-refractivity contribution in [1.82, 2.24) is 14.2 Å². The van der Waals surface area contributed by atoms with Crippen molar-refractivity contribution in [1.29, 1.82) is 0 Å². The summed E-state index contributed by atoms with van der Waals surface area (Å²) >= 11 is 0. The van der Waals surface area contributed by atoms with Gasteiger partial charge in [0.2, 0.25) is 10.0 Å². The van der Waals surface area contributed by atoms with Gasteiger partial charge in [0.15, 0.2) is 5.78 Å². The quantitative estimate of drug-likeness (QED) is 0.534. The predicted octanol–water partition coefficient (Wildman–Crippen LogP) is 2.13. The van der Waals surface area contributed by atoms with Crippen molar-refractivity contribution in [2.75, 3.05) is 33.3 Å². The molecule has 3 rings (SSSR count). The van der Waals surface area contributed by atoms with Crippen LogP contribution in [0, 0.1) is 19.7 Å². The highest BCUT2D eigenvalue weighted by atomic mass is 32.2. The molecule has 0 amide bonds. The van der Waals surface area contributed by atoms with Gasteiger partial charge in [-0.1, -0.05) is 6.07 Å². The van der Waals surface area contributed by atoms with Gasteiger partial charge in [-0.25, -0.2) is 17.6 Å². The number of rotatable bonds is 6. The van der Waals surface area contributed by atoms with Crippen LogP contribution in [-0.4, -0.2) is 73.7 Å². The molecule has 0 radical (unpaired) electrons. The van der Waals surface area contributed by atoms with Crippen LogP contribution in [0.15, 0.2) is 29.2 Å². The number of piperazine rings is 1. The summed E-state index contributed by atoms with van der Waals surface area (Å²) in [5.41, 5.74) is 1.80. The number of aryl methyl sites for hydroxylation is 1. The van der Waals surface area contributed by atoms with Gasteiger partial charge in [0.1, 0.15) is 5.82 Å². The van der Waals surface area contributed by atoms with Crippen LogP contribution in [0.5, 0.6) is 0 Å². The molecule has 1 aromatic carbocycles. The van der Waals surface area contributed by atoms with E-state index in [1.165, 1.54) is 29.6 Å². The molecule has 1 N–H and O–H groups in total. The van der Waals surface area contributed by atoms with E-state index in [0.29, 0.717) is 35.6 Å². The second-order valence-corrected chi connectivity index (χ2v) is 9.49. The summed E-state index contributed by atoms with van der Waals surface area (Å²) in [5.74, 6) is -1.30. The summed E-state index contributed by atoms with van der Waals surface area (Å²) in [6.45, 7) is 6.23. The summed E-state index contributed by atoms with van der Waals surface area (Å²) in [4.78, 5) is 29.9. The number of Topliss-reactive ketones (excluding diaryl/α,β-unsaturated/α-hetero) is 1. The minimum Gasteiger partial charge on any atom is -0.465 e. The number of ketones is 1. The average Bonchev–Trinajstić information content (AvgIpc) is 3.06. The highest BCUT2D eigenvalue weighted by Gasteiger charge is 2.33. The van der Waals surface area contributed by atoms with Crippen LogP contribution in [0.4, 0.5) is 4.39 Å². The molecule has 1 fully saturated rings. The first-order valence-corrected chi connectivity index (χ1v) is 11.3. The Bertz CT molecular complexity index is 1100. The number of aromatic amines is 1. The zero-order chi connectivity index (χ0) is 22.9. The van der Waals surface area contributed by atoms with E-state index in [1.807, 2.05) is 4.90 Å². The lowest BCUT2D eigenvalue weighted by Crippen LogP contribution is -2.53. The first-order chi connectivity index (χ1) is 14.6. The molecule has 0 spiro atoms. The van der Waals surface area contributed by atoms with Gasteiger partial charge in [0.05, 0.1) is 29.3 Å². The van der Waals surface area contributed by atoms with Crippen LogP contribution < -0.4 is 0 Å². The number of benzene rings is 1. The Morgan fingerprint density at radius 2 is 1.81 bits per heavy atom. The normalized spacial score (nSPS) is 16.8. The van der Waals surface area contributed by atoms with Crippen molar-refractivity contribution < 1.29 is 27.1 Å². The second kappa shape index (κ2) is 8.89. The van der Waals surface area contributed by atoms with E-state index in [-0.39, 0.29) is 23.8 Å². The summed E-state index contributed by atoms with van der Waals surface area (Å²) in [7, 11) is -2.52. The van der Waals surface area contributed by atoms with Gasteiger partial charge in [-0.3, -0.25) is 9.69 Å². The lowest BCUT2D eigenvalue weighted by molar-refractivity contribution is 0.0599. The van der Waals surface area contributed by atoms with E-state index < -0.39 is 27.9 Å². The van der Waals surface area contributed by atoms with Gasteiger partial charge in [0, 0.05) is 31.9 Å². The molecule has 10 heteroatoms. The number of H-pyrrole nitrogens is 1. The third kappa shape index (κ3) is 4.41. The number of halogens is 1. The van der Waals surface area contributed by atoms with Crippen LogP contribution in [0.3, 0.4) is 0 Å². The molecular formula is C21H26FN3O5S. The van der Waals surface area contributed by atoms with Gasteiger partial charge >= 0.3 is 5.97 Å². The number of nitrogens with one attached hydrogen (secondary N) is 1. The van der Waals surface area contributed by atoms with Crippen molar-refractivity contribution in [3.05, 3.63) is 52.6 Å². The summed E-state index contributed by atoms with van der Waals surface area (Å²) < 4.78 is 45.1. The third-order valence-electron chi connectivity index (χ3n) is 5.71. The monoisotopic (exact) mass is 451 g/mol. The van der Waals surface area contributed by atoms with Crippen LogP contribution in [0.1, 0.15) is 39.0 Å². The van der Waals surface area contributed by atoms with Gasteiger partial charge < -0.3 is 9.72 Å². The average molecular weight is 452 g/mol. The number of esters is 1.